The molecule has 1 fully saturated rings. The van der Waals surface area contributed by atoms with E-state index >= 15 is 0 Å². The topological polar surface area (TPSA) is 94.5 Å². The van der Waals surface area contributed by atoms with Crippen molar-refractivity contribution in [2.24, 2.45) is 0 Å². The highest BCUT2D eigenvalue weighted by molar-refractivity contribution is 6.30. The van der Waals surface area contributed by atoms with Crippen LogP contribution in [0.25, 0.3) is 22.8 Å². The van der Waals surface area contributed by atoms with Crippen molar-refractivity contribution in [1.82, 2.24) is 30.3 Å². The number of anilines is 1. The van der Waals surface area contributed by atoms with E-state index in [1.165, 1.54) is 0 Å². The average Bonchev–Trinajstić information content (AvgIpc) is 3.26. The molecule has 0 amide bonds. The number of halogens is 1. The Morgan fingerprint density at radius 3 is 2.79 bits per heavy atom. The van der Waals surface area contributed by atoms with Crippen LogP contribution in [0.2, 0.25) is 5.02 Å². The molecular weight excluding hydrogens is 378 g/mol. The van der Waals surface area contributed by atoms with Crippen LogP contribution in [-0.2, 0) is 6.54 Å². The lowest BCUT2D eigenvalue weighted by molar-refractivity contribution is 0.384. The van der Waals surface area contributed by atoms with Gasteiger partial charge in [0.2, 0.25) is 11.7 Å². The first-order chi connectivity index (χ1) is 13.8. The predicted molar refractivity (Wildman–Crippen MR) is 104 cm³/mol. The maximum Gasteiger partial charge on any atom is 0.246 e. The molecule has 0 atom stereocenters. The molecule has 1 saturated carbocycles. The molecule has 0 spiro atoms. The fraction of sp³-hybridized carbons (Fsp3) is 0.211. The van der Waals surface area contributed by atoms with Crippen LogP contribution in [-0.4, -0.2) is 30.3 Å². The lowest BCUT2D eigenvalue weighted by Crippen LogP contribution is -2.02. The number of hydrogen-bond acceptors (Lipinski definition) is 7. The number of benzene rings is 2. The van der Waals surface area contributed by atoms with Crippen molar-refractivity contribution in [3.8, 4) is 22.8 Å². The number of aromatic nitrogens is 6. The van der Waals surface area contributed by atoms with E-state index < -0.39 is 0 Å². The molecule has 140 valence electrons. The summed E-state index contributed by atoms with van der Waals surface area (Å²) in [6.45, 7) is 0.414. The fourth-order valence-electron chi connectivity index (χ4n) is 2.94. The van der Waals surface area contributed by atoms with Crippen molar-refractivity contribution in [2.75, 3.05) is 5.32 Å². The Kier molecular flexibility index (Phi) is 4.25. The van der Waals surface area contributed by atoms with Crippen LogP contribution in [0.1, 0.15) is 24.8 Å². The van der Waals surface area contributed by atoms with Crippen LogP contribution < -0.4 is 5.32 Å². The minimum Gasteiger partial charge on any atom is -0.376 e. The second-order valence-electron chi connectivity index (χ2n) is 6.63. The highest BCUT2D eigenvalue weighted by atomic mass is 35.5. The van der Waals surface area contributed by atoms with Crippen LogP contribution in [0.4, 0.5) is 5.69 Å². The molecule has 9 heteroatoms. The summed E-state index contributed by atoms with van der Waals surface area (Å²) in [5, 5.41) is 20.1. The maximum atomic E-state index is 5.91. The van der Waals surface area contributed by atoms with Gasteiger partial charge in [0, 0.05) is 21.8 Å². The number of nitrogens with zero attached hydrogens (tertiary/aromatic N) is 6. The van der Waals surface area contributed by atoms with Crippen molar-refractivity contribution in [2.45, 2.75) is 25.4 Å². The summed E-state index contributed by atoms with van der Waals surface area (Å²) in [5.74, 6) is 1.82. The second kappa shape index (κ2) is 7.05. The van der Waals surface area contributed by atoms with Crippen molar-refractivity contribution in [3.63, 3.8) is 0 Å². The molecule has 1 N–H and O–H groups in total. The van der Waals surface area contributed by atoms with E-state index in [-0.39, 0.29) is 0 Å². The highest BCUT2D eigenvalue weighted by Gasteiger charge is 2.28. The summed E-state index contributed by atoms with van der Waals surface area (Å²) in [5.41, 5.74) is 2.75. The molecule has 8 nitrogen and oxygen atoms in total. The van der Waals surface area contributed by atoms with Crippen LogP contribution in [0.5, 0.6) is 0 Å². The van der Waals surface area contributed by atoms with Gasteiger partial charge >= 0.3 is 0 Å². The number of tetrazole rings is 1. The van der Waals surface area contributed by atoms with Gasteiger partial charge in [0.25, 0.3) is 0 Å². The van der Waals surface area contributed by atoms with Gasteiger partial charge in [-0.1, -0.05) is 28.9 Å². The van der Waals surface area contributed by atoms with E-state index in [9.17, 15) is 0 Å². The first-order valence-electron chi connectivity index (χ1n) is 8.97. The predicted octanol–water partition coefficient (Wildman–Crippen LogP) is 3.99. The minimum atomic E-state index is 0.414. The highest BCUT2D eigenvalue weighted by Crippen LogP contribution is 2.36. The van der Waals surface area contributed by atoms with Gasteiger partial charge in [0.15, 0.2) is 5.82 Å². The third-order valence-corrected chi connectivity index (χ3v) is 4.77. The van der Waals surface area contributed by atoms with E-state index in [0.717, 1.165) is 35.5 Å². The molecule has 0 bridgehead atoms. The van der Waals surface area contributed by atoms with Gasteiger partial charge in [-0.15, -0.1) is 5.10 Å². The maximum absolute atomic E-state index is 5.91. The summed E-state index contributed by atoms with van der Waals surface area (Å²) in [6, 6.07) is 15.7. The Morgan fingerprint density at radius 2 is 1.96 bits per heavy atom. The van der Waals surface area contributed by atoms with Gasteiger partial charge < -0.3 is 9.84 Å². The molecular formula is C19H16ClN7O. The summed E-state index contributed by atoms with van der Waals surface area (Å²) in [7, 11) is 0. The molecule has 0 radical (unpaired) electrons. The SMILES string of the molecule is Clc1ccc(-c2noc(CNc3cccc(-c4nnnn4C4CC4)c3)n2)cc1. The van der Waals surface area contributed by atoms with Crippen LogP contribution in [0, 0.1) is 0 Å². The average molecular weight is 394 g/mol. The summed E-state index contributed by atoms with van der Waals surface area (Å²) in [4.78, 5) is 4.42. The Bertz CT molecular complexity index is 1100. The second-order valence-corrected chi connectivity index (χ2v) is 7.07. The van der Waals surface area contributed by atoms with Crippen LogP contribution in [0.15, 0.2) is 53.1 Å². The Balaban J connectivity index is 1.30. The van der Waals surface area contributed by atoms with Gasteiger partial charge in [-0.3, -0.25) is 0 Å². The number of nitrogens with one attached hydrogen (secondary N) is 1. The summed E-state index contributed by atoms with van der Waals surface area (Å²) in [6.07, 6.45) is 2.26. The smallest absolute Gasteiger partial charge is 0.246 e. The van der Waals surface area contributed by atoms with E-state index in [1.54, 1.807) is 12.1 Å². The largest absolute Gasteiger partial charge is 0.376 e. The van der Waals surface area contributed by atoms with E-state index in [1.807, 2.05) is 41.1 Å². The molecule has 0 saturated heterocycles. The van der Waals surface area contributed by atoms with Crippen molar-refractivity contribution < 1.29 is 4.52 Å². The first-order valence-corrected chi connectivity index (χ1v) is 9.35. The molecule has 2 heterocycles. The van der Waals surface area contributed by atoms with Gasteiger partial charge in [-0.2, -0.15) is 4.98 Å². The third-order valence-electron chi connectivity index (χ3n) is 4.52. The molecule has 2 aromatic carbocycles. The minimum absolute atomic E-state index is 0.414. The van der Waals surface area contributed by atoms with Gasteiger partial charge in [0.1, 0.15) is 0 Å². The van der Waals surface area contributed by atoms with Gasteiger partial charge in [0.05, 0.1) is 12.6 Å². The third kappa shape index (κ3) is 3.46. The zero-order chi connectivity index (χ0) is 18.9. The van der Waals surface area contributed by atoms with E-state index in [2.05, 4.69) is 31.0 Å². The zero-order valence-corrected chi connectivity index (χ0v) is 15.5. The lowest BCUT2D eigenvalue weighted by atomic mass is 10.2. The molecule has 1 aliphatic carbocycles. The van der Waals surface area contributed by atoms with Gasteiger partial charge in [-0.05, 0) is 59.7 Å². The molecule has 2 aromatic heterocycles. The number of hydrogen-bond donors (Lipinski definition) is 1. The lowest BCUT2D eigenvalue weighted by Gasteiger charge is -2.07. The standard InChI is InChI=1S/C19H16ClN7O/c20-14-6-4-12(5-7-14)18-22-17(28-24-18)11-21-15-3-1-2-13(10-15)19-23-25-26-27(19)16-8-9-16/h1-7,10,16,21H,8-9,11H2. The fourth-order valence-corrected chi connectivity index (χ4v) is 3.06. The first kappa shape index (κ1) is 16.9. The molecule has 28 heavy (non-hydrogen) atoms. The molecule has 1 aliphatic rings. The summed E-state index contributed by atoms with van der Waals surface area (Å²) >= 11 is 5.91. The Morgan fingerprint density at radius 1 is 1.11 bits per heavy atom. The van der Waals surface area contributed by atoms with Crippen molar-refractivity contribution in [1.29, 1.82) is 0 Å². The molecule has 0 aliphatic heterocycles. The quantitative estimate of drug-likeness (QED) is 0.529. The van der Waals surface area contributed by atoms with E-state index in [0.29, 0.717) is 29.3 Å². The summed E-state index contributed by atoms with van der Waals surface area (Å²) < 4.78 is 7.24. The molecule has 4 aromatic rings. The van der Waals surface area contributed by atoms with Crippen molar-refractivity contribution in [3.05, 3.63) is 59.4 Å². The van der Waals surface area contributed by atoms with Crippen LogP contribution in [0.3, 0.4) is 0 Å². The van der Waals surface area contributed by atoms with Crippen molar-refractivity contribution >= 4 is 17.3 Å². The Labute approximate surface area is 165 Å². The molecule has 0 unspecified atom stereocenters. The van der Waals surface area contributed by atoms with Crippen LogP contribution >= 0.6 is 11.6 Å². The normalized spacial score (nSPS) is 13.6. The number of rotatable bonds is 6. The van der Waals surface area contributed by atoms with Gasteiger partial charge in [-0.25, -0.2) is 4.68 Å². The molecule has 5 rings (SSSR count). The monoisotopic (exact) mass is 393 g/mol. The Hall–Kier alpha value is -3.26. The zero-order valence-electron chi connectivity index (χ0n) is 14.8. The van der Waals surface area contributed by atoms with E-state index in [4.69, 9.17) is 16.1 Å².